The minimum absolute atomic E-state index is 0.525. The molecule has 0 radical (unpaired) electrons. The van der Waals surface area contributed by atoms with E-state index in [1.165, 1.54) is 65.9 Å². The lowest BCUT2D eigenvalue weighted by molar-refractivity contribution is -0.301. The molecule has 0 heterocycles. The van der Waals surface area contributed by atoms with E-state index in [2.05, 4.69) is 31.6 Å². The van der Waals surface area contributed by atoms with Gasteiger partial charge in [-0.15, -0.1) is 23.5 Å². The lowest BCUT2D eigenvalue weighted by Crippen LogP contribution is -2.00. The van der Waals surface area contributed by atoms with E-state index in [0.717, 1.165) is 0 Å². The highest BCUT2D eigenvalue weighted by molar-refractivity contribution is 7.99. The SMILES string of the molecule is CCCCCCCCc1cc(SC)c(COOCC)c(SC)c1. The summed E-state index contributed by atoms with van der Waals surface area (Å²) in [5.41, 5.74) is 2.71. The molecule has 1 aromatic rings. The minimum atomic E-state index is 0.525. The van der Waals surface area contributed by atoms with Gasteiger partial charge >= 0.3 is 0 Å². The van der Waals surface area contributed by atoms with Crippen LogP contribution in [0.1, 0.15) is 63.5 Å². The molecule has 0 atom stereocenters. The zero-order valence-corrected chi connectivity index (χ0v) is 16.8. The van der Waals surface area contributed by atoms with Crippen molar-refractivity contribution in [3.05, 3.63) is 23.3 Å². The standard InChI is InChI=1S/C19H32O2S2/c1-5-7-8-9-10-11-12-16-13-18(22-3)17(15-21-20-6-2)19(14-16)23-4/h13-14H,5-12,15H2,1-4H3. The molecule has 1 rings (SSSR count). The van der Waals surface area contributed by atoms with Gasteiger partial charge in [0, 0.05) is 15.4 Å². The molecule has 0 bridgehead atoms. The molecule has 0 N–H and O–H groups in total. The summed E-state index contributed by atoms with van der Waals surface area (Å²) in [7, 11) is 0. The number of hydrogen-bond acceptors (Lipinski definition) is 4. The van der Waals surface area contributed by atoms with Crippen LogP contribution in [0.4, 0.5) is 0 Å². The topological polar surface area (TPSA) is 18.5 Å². The quantitative estimate of drug-likeness (QED) is 0.174. The fourth-order valence-corrected chi connectivity index (χ4v) is 4.05. The van der Waals surface area contributed by atoms with Crippen LogP contribution in [0.3, 0.4) is 0 Å². The average Bonchev–Trinajstić information content (AvgIpc) is 2.58. The number of unbranched alkanes of at least 4 members (excludes halogenated alkanes) is 5. The third-order valence-electron chi connectivity index (χ3n) is 3.89. The van der Waals surface area contributed by atoms with Crippen molar-refractivity contribution in [1.82, 2.24) is 0 Å². The fraction of sp³-hybridized carbons (Fsp3) is 0.684. The third kappa shape index (κ3) is 7.97. The van der Waals surface area contributed by atoms with Crippen LogP contribution in [0.5, 0.6) is 0 Å². The minimum Gasteiger partial charge on any atom is -0.237 e. The summed E-state index contributed by atoms with van der Waals surface area (Å²) >= 11 is 3.60. The van der Waals surface area contributed by atoms with Gasteiger partial charge in [-0.1, -0.05) is 39.0 Å². The first-order chi connectivity index (χ1) is 11.3. The van der Waals surface area contributed by atoms with E-state index >= 15 is 0 Å². The molecule has 0 saturated heterocycles. The second-order valence-electron chi connectivity index (χ2n) is 5.67. The Morgan fingerprint density at radius 2 is 1.43 bits per heavy atom. The van der Waals surface area contributed by atoms with E-state index in [9.17, 15) is 0 Å². The first-order valence-corrected chi connectivity index (χ1v) is 11.2. The highest BCUT2D eigenvalue weighted by atomic mass is 32.2. The highest BCUT2D eigenvalue weighted by Gasteiger charge is 2.11. The molecular formula is C19H32O2S2. The molecule has 0 aromatic heterocycles. The summed E-state index contributed by atoms with van der Waals surface area (Å²) in [5.74, 6) is 0. The van der Waals surface area contributed by atoms with Gasteiger partial charge < -0.3 is 0 Å². The molecule has 2 nitrogen and oxygen atoms in total. The maximum atomic E-state index is 5.30. The summed E-state index contributed by atoms with van der Waals surface area (Å²) in [6.45, 7) is 5.32. The van der Waals surface area contributed by atoms with Gasteiger partial charge in [0.1, 0.15) is 6.61 Å². The van der Waals surface area contributed by atoms with Gasteiger partial charge in [-0.2, -0.15) is 0 Å². The maximum Gasteiger partial charge on any atom is 0.109 e. The molecule has 0 fully saturated rings. The van der Waals surface area contributed by atoms with E-state index in [1.54, 1.807) is 23.5 Å². The lowest BCUT2D eigenvalue weighted by Gasteiger charge is -2.14. The number of benzene rings is 1. The zero-order valence-electron chi connectivity index (χ0n) is 15.2. The van der Waals surface area contributed by atoms with Gasteiger partial charge in [0.2, 0.25) is 0 Å². The summed E-state index contributed by atoms with van der Waals surface area (Å²) in [6, 6.07) is 4.67. The molecule has 0 aliphatic rings. The van der Waals surface area contributed by atoms with Crippen LogP contribution in [0.25, 0.3) is 0 Å². The smallest absolute Gasteiger partial charge is 0.109 e. The Labute approximate surface area is 151 Å². The molecule has 0 saturated carbocycles. The first kappa shape index (κ1) is 20.9. The number of thioether (sulfide) groups is 2. The first-order valence-electron chi connectivity index (χ1n) is 8.74. The Morgan fingerprint density at radius 3 is 2.00 bits per heavy atom. The van der Waals surface area contributed by atoms with Gasteiger partial charge in [-0.05, 0) is 50.0 Å². The molecule has 4 heteroatoms. The molecule has 132 valence electrons. The van der Waals surface area contributed by atoms with Gasteiger partial charge in [-0.3, -0.25) is 0 Å². The molecule has 1 aromatic carbocycles. The van der Waals surface area contributed by atoms with Gasteiger partial charge in [-0.25, -0.2) is 9.78 Å². The van der Waals surface area contributed by atoms with Crippen LogP contribution in [-0.2, 0) is 22.8 Å². The largest absolute Gasteiger partial charge is 0.237 e. The molecule has 0 spiro atoms. The average molecular weight is 357 g/mol. The van der Waals surface area contributed by atoms with Crippen LogP contribution < -0.4 is 0 Å². The van der Waals surface area contributed by atoms with E-state index in [1.807, 2.05) is 6.92 Å². The Hall–Kier alpha value is -0.160. The number of aryl methyl sites for hydroxylation is 1. The van der Waals surface area contributed by atoms with E-state index in [4.69, 9.17) is 9.78 Å². The van der Waals surface area contributed by atoms with Crippen molar-refractivity contribution in [2.45, 2.75) is 75.2 Å². The predicted molar refractivity (Wildman–Crippen MR) is 103 cm³/mol. The van der Waals surface area contributed by atoms with E-state index in [0.29, 0.717) is 13.2 Å². The summed E-state index contributed by atoms with van der Waals surface area (Å²) in [5, 5.41) is 0. The molecule has 0 unspecified atom stereocenters. The summed E-state index contributed by atoms with van der Waals surface area (Å²) in [4.78, 5) is 13.0. The second kappa shape index (κ2) is 13.2. The Kier molecular flexibility index (Phi) is 12.0. The maximum absolute atomic E-state index is 5.30. The van der Waals surface area contributed by atoms with Crippen LogP contribution in [0.2, 0.25) is 0 Å². The summed E-state index contributed by atoms with van der Waals surface area (Å²) in [6.07, 6.45) is 13.5. The van der Waals surface area contributed by atoms with E-state index in [-0.39, 0.29) is 0 Å². The van der Waals surface area contributed by atoms with Gasteiger partial charge in [0.25, 0.3) is 0 Å². The third-order valence-corrected chi connectivity index (χ3v) is 5.50. The van der Waals surface area contributed by atoms with Crippen molar-refractivity contribution < 1.29 is 9.78 Å². The normalized spacial score (nSPS) is 11.1. The zero-order chi connectivity index (χ0) is 16.9. The van der Waals surface area contributed by atoms with Crippen LogP contribution in [-0.4, -0.2) is 19.1 Å². The van der Waals surface area contributed by atoms with Crippen molar-refractivity contribution in [3.63, 3.8) is 0 Å². The van der Waals surface area contributed by atoms with Crippen LogP contribution >= 0.6 is 23.5 Å². The Balaban J connectivity index is 2.63. The van der Waals surface area contributed by atoms with Crippen molar-refractivity contribution in [3.8, 4) is 0 Å². The number of hydrogen-bond donors (Lipinski definition) is 0. The van der Waals surface area contributed by atoms with Gasteiger partial charge in [0.05, 0.1) is 6.61 Å². The Morgan fingerprint density at radius 1 is 0.826 bits per heavy atom. The number of rotatable bonds is 13. The van der Waals surface area contributed by atoms with Crippen molar-refractivity contribution in [2.75, 3.05) is 19.1 Å². The van der Waals surface area contributed by atoms with Crippen molar-refractivity contribution in [1.29, 1.82) is 0 Å². The predicted octanol–water partition coefficient (Wildman–Crippen LogP) is 6.50. The molecule has 0 aliphatic heterocycles. The van der Waals surface area contributed by atoms with Gasteiger partial charge in [0.15, 0.2) is 0 Å². The molecule has 0 aliphatic carbocycles. The second-order valence-corrected chi connectivity index (χ2v) is 7.36. The van der Waals surface area contributed by atoms with Crippen LogP contribution in [0, 0.1) is 0 Å². The molecule has 0 amide bonds. The van der Waals surface area contributed by atoms with Crippen molar-refractivity contribution in [2.24, 2.45) is 0 Å². The molecular weight excluding hydrogens is 324 g/mol. The lowest BCUT2D eigenvalue weighted by atomic mass is 10.0. The molecule has 23 heavy (non-hydrogen) atoms. The van der Waals surface area contributed by atoms with Crippen LogP contribution in [0.15, 0.2) is 21.9 Å². The monoisotopic (exact) mass is 356 g/mol. The Bertz CT molecular complexity index is 410. The fourth-order valence-electron chi connectivity index (χ4n) is 2.62. The summed E-state index contributed by atoms with van der Waals surface area (Å²) < 4.78 is 0. The van der Waals surface area contributed by atoms with Crippen molar-refractivity contribution >= 4 is 23.5 Å². The highest BCUT2D eigenvalue weighted by Crippen LogP contribution is 2.32. The van der Waals surface area contributed by atoms with E-state index < -0.39 is 0 Å².